The number of rotatable bonds is 3. The second-order valence-electron chi connectivity index (χ2n) is 8.09. The van der Waals surface area contributed by atoms with Gasteiger partial charge in [0, 0.05) is 10.4 Å². The first-order valence-electron chi connectivity index (χ1n) is 10.3. The van der Waals surface area contributed by atoms with Gasteiger partial charge < -0.3 is 19.7 Å². The Hall–Kier alpha value is -2.90. The average molecular weight is 498 g/mol. The molecule has 2 N–H and O–H groups in total. The minimum Gasteiger partial charge on any atom is -0.495 e. The van der Waals surface area contributed by atoms with Crippen LogP contribution in [0.15, 0.2) is 71.5 Å². The summed E-state index contributed by atoms with van der Waals surface area (Å²) >= 11 is 3.53. The van der Waals surface area contributed by atoms with Crippen molar-refractivity contribution in [2.45, 2.75) is 30.5 Å². The third-order valence-corrected chi connectivity index (χ3v) is 6.98. The van der Waals surface area contributed by atoms with Crippen LogP contribution in [0.2, 0.25) is 0 Å². The number of halogens is 1. The molecule has 1 aliphatic heterocycles. The zero-order valence-electron chi connectivity index (χ0n) is 17.7. The predicted molar refractivity (Wildman–Crippen MR) is 123 cm³/mol. The number of hydrogen-bond acceptors (Lipinski definition) is 5. The van der Waals surface area contributed by atoms with Crippen molar-refractivity contribution in [3.05, 3.63) is 88.2 Å². The first-order chi connectivity index (χ1) is 15.4. The number of aromatic nitrogens is 1. The summed E-state index contributed by atoms with van der Waals surface area (Å²) in [5, 5.41) is 19.2. The fraction of sp³-hybridized carbons (Fsp3) is 0.280. The molecule has 4 unspecified atom stereocenters. The fourth-order valence-corrected chi connectivity index (χ4v) is 5.73. The van der Waals surface area contributed by atoms with Crippen molar-refractivity contribution in [2.75, 3.05) is 7.11 Å². The molecule has 3 aromatic rings. The zero-order valence-corrected chi connectivity index (χ0v) is 19.3. The van der Waals surface area contributed by atoms with Gasteiger partial charge in [0.05, 0.1) is 25.1 Å². The molecule has 2 aliphatic rings. The minimum atomic E-state index is -1.23. The van der Waals surface area contributed by atoms with Gasteiger partial charge >= 0.3 is 0 Å². The van der Waals surface area contributed by atoms with Crippen LogP contribution in [0.25, 0.3) is 0 Å². The number of pyridine rings is 1. The number of carboxylic acid groups (broad SMARTS) is 1. The van der Waals surface area contributed by atoms with Crippen LogP contribution in [0.3, 0.4) is 0 Å². The summed E-state index contributed by atoms with van der Waals surface area (Å²) in [7, 11) is 1.60. The lowest BCUT2D eigenvalue weighted by molar-refractivity contribution is -0.122. The highest BCUT2D eigenvalue weighted by atomic mass is 79.9. The summed E-state index contributed by atoms with van der Waals surface area (Å²) in [4.78, 5) is 12.6. The number of aliphatic hydroxyl groups is 1. The number of fused-ring (bicyclic) bond motifs is 3. The first kappa shape index (κ1) is 22.3. The molecule has 2 heterocycles. The lowest BCUT2D eigenvalue weighted by Crippen LogP contribution is -2.48. The van der Waals surface area contributed by atoms with Crippen LogP contribution in [0.4, 0.5) is 0 Å². The Morgan fingerprint density at radius 3 is 2.44 bits per heavy atom. The second-order valence-corrected chi connectivity index (χ2v) is 9.01. The van der Waals surface area contributed by atoms with Crippen molar-refractivity contribution < 1.29 is 24.5 Å². The maximum absolute atomic E-state index is 12.3. The summed E-state index contributed by atoms with van der Waals surface area (Å²) in [5.74, 6) is 1.30. The summed E-state index contributed by atoms with van der Waals surface area (Å²) in [6, 6.07) is 18.4. The zero-order chi connectivity index (χ0) is 22.9. The summed E-state index contributed by atoms with van der Waals surface area (Å²) in [6.45, 7) is 1.94. The van der Waals surface area contributed by atoms with Gasteiger partial charge in [0.2, 0.25) is 0 Å². The van der Waals surface area contributed by atoms with Crippen LogP contribution in [0.1, 0.15) is 36.0 Å². The molecule has 1 aliphatic carbocycles. The molecule has 1 aromatic heterocycles. The van der Waals surface area contributed by atoms with Crippen LogP contribution in [-0.4, -0.2) is 28.8 Å². The molecule has 166 valence electrons. The third-order valence-electron chi connectivity index (χ3n) is 6.45. The van der Waals surface area contributed by atoms with E-state index in [9.17, 15) is 5.11 Å². The molecule has 5 rings (SSSR count). The number of nitrogens with zero attached hydrogens (tertiary/aromatic N) is 1. The van der Waals surface area contributed by atoms with E-state index in [0.717, 1.165) is 15.6 Å². The molecule has 0 saturated heterocycles. The van der Waals surface area contributed by atoms with Crippen LogP contribution in [-0.2, 0) is 16.0 Å². The van der Waals surface area contributed by atoms with E-state index in [4.69, 9.17) is 19.4 Å². The smallest absolute Gasteiger partial charge is 0.290 e. The van der Waals surface area contributed by atoms with Crippen molar-refractivity contribution in [3.8, 4) is 11.5 Å². The Morgan fingerprint density at radius 1 is 1.16 bits per heavy atom. The van der Waals surface area contributed by atoms with E-state index in [-0.39, 0.29) is 18.3 Å². The molecule has 4 atom stereocenters. The Kier molecular flexibility index (Phi) is 5.97. The molecule has 32 heavy (non-hydrogen) atoms. The number of carbonyl (C=O) groups is 1. The quantitative estimate of drug-likeness (QED) is 0.502. The molecule has 0 bridgehead atoms. The van der Waals surface area contributed by atoms with E-state index < -0.39 is 11.2 Å². The molecule has 2 aromatic carbocycles. The summed E-state index contributed by atoms with van der Waals surface area (Å²) in [6.07, 6.45) is 3.90. The Balaban J connectivity index is 0.000000775. The van der Waals surface area contributed by atoms with Gasteiger partial charge in [-0.25, -0.2) is 0 Å². The summed E-state index contributed by atoms with van der Waals surface area (Å²) < 4.78 is 13.3. The molecule has 1 fully saturated rings. The molecular weight excluding hydrogens is 474 g/mol. The maximum atomic E-state index is 12.3. The van der Waals surface area contributed by atoms with Crippen LogP contribution >= 0.6 is 15.9 Å². The molecule has 1 saturated carbocycles. The van der Waals surface area contributed by atoms with Gasteiger partial charge in [-0.15, -0.1) is 0 Å². The van der Waals surface area contributed by atoms with Gasteiger partial charge in [-0.1, -0.05) is 65.3 Å². The van der Waals surface area contributed by atoms with E-state index in [1.54, 1.807) is 19.5 Å². The van der Waals surface area contributed by atoms with Crippen molar-refractivity contribution in [1.82, 2.24) is 4.98 Å². The molecule has 0 radical (unpaired) electrons. The van der Waals surface area contributed by atoms with Crippen molar-refractivity contribution in [2.24, 2.45) is 5.92 Å². The average Bonchev–Trinajstić information content (AvgIpc) is 3.17. The highest BCUT2D eigenvalue weighted by molar-refractivity contribution is 9.10. The molecule has 0 amide bonds. The van der Waals surface area contributed by atoms with E-state index in [2.05, 4.69) is 40.0 Å². The lowest BCUT2D eigenvalue weighted by Gasteiger charge is -2.40. The van der Waals surface area contributed by atoms with Gasteiger partial charge in [0.1, 0.15) is 17.1 Å². The van der Waals surface area contributed by atoms with E-state index in [1.165, 1.54) is 0 Å². The third kappa shape index (κ3) is 3.19. The highest BCUT2D eigenvalue weighted by Gasteiger charge is 2.71. The number of methoxy groups -OCH3 is 1. The number of ether oxygens (including phenoxy) is 2. The standard InChI is InChI=1S/C24H22BrNO3.CH2O2/c1-15-12-23(27)22-19(28-2)13-26-14-20(22)29-24(23,17-8-10-18(25)11-9-17)21(15)16-6-4-3-5-7-16;2-1-3/h3-11,13-15,21,27H,12H2,1-2H3;1H,(H,2,3). The lowest BCUT2D eigenvalue weighted by atomic mass is 9.71. The Labute approximate surface area is 195 Å². The van der Waals surface area contributed by atoms with E-state index in [1.807, 2.05) is 42.5 Å². The van der Waals surface area contributed by atoms with E-state index in [0.29, 0.717) is 23.5 Å². The number of benzene rings is 2. The van der Waals surface area contributed by atoms with Gasteiger partial charge in [-0.3, -0.25) is 9.78 Å². The van der Waals surface area contributed by atoms with Crippen LogP contribution in [0, 0.1) is 5.92 Å². The molecule has 6 nitrogen and oxygen atoms in total. The summed E-state index contributed by atoms with van der Waals surface area (Å²) in [5.41, 5.74) is 0.596. The van der Waals surface area contributed by atoms with Gasteiger partial charge in [-0.05, 0) is 35.6 Å². The topological polar surface area (TPSA) is 88.9 Å². The second kappa shape index (κ2) is 8.56. The fourth-order valence-electron chi connectivity index (χ4n) is 5.46. The largest absolute Gasteiger partial charge is 0.495 e. The van der Waals surface area contributed by atoms with Gasteiger partial charge in [-0.2, -0.15) is 0 Å². The number of hydrogen-bond donors (Lipinski definition) is 2. The van der Waals surface area contributed by atoms with Crippen molar-refractivity contribution in [3.63, 3.8) is 0 Å². The van der Waals surface area contributed by atoms with Crippen LogP contribution in [0.5, 0.6) is 11.5 Å². The van der Waals surface area contributed by atoms with E-state index >= 15 is 0 Å². The highest BCUT2D eigenvalue weighted by Crippen LogP contribution is 2.69. The Morgan fingerprint density at radius 2 is 1.81 bits per heavy atom. The Bertz CT molecular complexity index is 1110. The van der Waals surface area contributed by atoms with Gasteiger partial charge in [0.15, 0.2) is 5.60 Å². The monoisotopic (exact) mass is 497 g/mol. The van der Waals surface area contributed by atoms with Crippen molar-refractivity contribution >= 4 is 22.4 Å². The van der Waals surface area contributed by atoms with Gasteiger partial charge in [0.25, 0.3) is 6.47 Å². The van der Waals surface area contributed by atoms with Crippen LogP contribution < -0.4 is 9.47 Å². The maximum Gasteiger partial charge on any atom is 0.290 e. The predicted octanol–water partition coefficient (Wildman–Crippen LogP) is 4.85. The minimum absolute atomic E-state index is 0.0352. The SMILES string of the molecule is COc1cncc2c1C1(O)CC(C)C(c3ccccc3)C1(c1ccc(Br)cc1)O2.O=CO. The first-order valence-corrected chi connectivity index (χ1v) is 11.0. The normalized spacial score (nSPS) is 27.4. The van der Waals surface area contributed by atoms with Crippen molar-refractivity contribution in [1.29, 1.82) is 0 Å². The molecule has 0 spiro atoms. The molecule has 7 heteroatoms. The molecular formula is C25H24BrNO5.